The molecule has 0 saturated carbocycles. The highest BCUT2D eigenvalue weighted by molar-refractivity contribution is 6.11. The summed E-state index contributed by atoms with van der Waals surface area (Å²) in [7, 11) is 0. The van der Waals surface area contributed by atoms with E-state index in [1.165, 1.54) is 0 Å². The number of nitrogens with zero attached hydrogens (tertiary/aromatic N) is 2. The minimum Gasteiger partial charge on any atom is -0.457 e. The number of amides is 2. The fraction of sp³-hybridized carbons (Fsp3) is 0.0833. The van der Waals surface area contributed by atoms with Crippen molar-refractivity contribution in [1.29, 1.82) is 0 Å². The van der Waals surface area contributed by atoms with Crippen LogP contribution in [0.5, 0.6) is 11.5 Å². The van der Waals surface area contributed by atoms with Gasteiger partial charge in [-0.3, -0.25) is 14.9 Å². The number of aliphatic imine (C=N–C) groups is 2. The van der Waals surface area contributed by atoms with Crippen LogP contribution in [0.1, 0.15) is 6.42 Å². The molecule has 5 N–H and O–H groups in total. The molecule has 1 aliphatic heterocycles. The number of hydrogen-bond donors (Lipinski definition) is 4. The Bertz CT molecular complexity index is 1180. The van der Waals surface area contributed by atoms with Gasteiger partial charge in [0, 0.05) is 11.4 Å². The van der Waals surface area contributed by atoms with Gasteiger partial charge in [0.25, 0.3) is 5.91 Å². The second-order valence-corrected chi connectivity index (χ2v) is 7.14. The number of anilines is 2. The standard InChI is InChI=1S/C24H22N6O3/c25-23(27-16-7-3-1-4-8-16)30-24-28-20(22(32)29-24)15-21(31)26-17-11-13-19(14-12-17)33-18-9-5-2-6-10-18/h1-14,20H,15H2,(H,26,31)(H4,25,27,28,29,30,32)/t20-/m0/s1. The molecule has 2 amide bonds. The number of nitrogens with one attached hydrogen (secondary N) is 3. The number of hydrogen-bond acceptors (Lipinski definition) is 5. The zero-order valence-electron chi connectivity index (χ0n) is 17.6. The first-order chi connectivity index (χ1) is 16.0. The Morgan fingerprint density at radius 2 is 1.52 bits per heavy atom. The van der Waals surface area contributed by atoms with Crippen LogP contribution in [0.4, 0.5) is 11.4 Å². The van der Waals surface area contributed by atoms with Crippen LogP contribution in [0.2, 0.25) is 0 Å². The largest absolute Gasteiger partial charge is 0.457 e. The summed E-state index contributed by atoms with van der Waals surface area (Å²) in [5.41, 5.74) is 7.19. The van der Waals surface area contributed by atoms with Crippen LogP contribution in [-0.4, -0.2) is 29.8 Å². The summed E-state index contributed by atoms with van der Waals surface area (Å²) in [6, 6.07) is 24.7. The second kappa shape index (κ2) is 10.1. The van der Waals surface area contributed by atoms with Crippen LogP contribution in [-0.2, 0) is 9.59 Å². The minimum atomic E-state index is -0.881. The molecule has 0 unspecified atom stereocenters. The van der Waals surface area contributed by atoms with Crippen molar-refractivity contribution in [2.75, 3.05) is 10.6 Å². The summed E-state index contributed by atoms with van der Waals surface area (Å²) in [4.78, 5) is 32.8. The van der Waals surface area contributed by atoms with Gasteiger partial charge >= 0.3 is 0 Å². The molecule has 4 rings (SSSR count). The van der Waals surface area contributed by atoms with Crippen LogP contribution in [0.15, 0.2) is 94.9 Å². The summed E-state index contributed by atoms with van der Waals surface area (Å²) in [5, 5.41) is 8.18. The zero-order chi connectivity index (χ0) is 23.0. The summed E-state index contributed by atoms with van der Waals surface area (Å²) >= 11 is 0. The molecule has 1 heterocycles. The average Bonchev–Trinajstić information content (AvgIpc) is 3.14. The van der Waals surface area contributed by atoms with Crippen molar-refractivity contribution in [3.8, 4) is 11.5 Å². The first-order valence-corrected chi connectivity index (χ1v) is 10.2. The quantitative estimate of drug-likeness (QED) is 0.344. The summed E-state index contributed by atoms with van der Waals surface area (Å²) in [6.07, 6.45) is -0.126. The van der Waals surface area contributed by atoms with Crippen LogP contribution in [0.25, 0.3) is 0 Å². The fourth-order valence-electron chi connectivity index (χ4n) is 3.06. The minimum absolute atomic E-state index is 0.0566. The first kappa shape index (κ1) is 21.6. The van der Waals surface area contributed by atoms with Crippen molar-refractivity contribution in [2.45, 2.75) is 12.5 Å². The molecule has 1 aliphatic rings. The van der Waals surface area contributed by atoms with E-state index in [1.807, 2.05) is 60.7 Å². The normalized spacial score (nSPS) is 15.4. The third-order valence-electron chi connectivity index (χ3n) is 4.58. The molecule has 33 heavy (non-hydrogen) atoms. The average molecular weight is 442 g/mol. The Morgan fingerprint density at radius 3 is 2.21 bits per heavy atom. The number of carbonyl (C=O) groups excluding carboxylic acids is 2. The molecular weight excluding hydrogens is 420 g/mol. The molecule has 0 fully saturated rings. The Morgan fingerprint density at radius 1 is 0.909 bits per heavy atom. The van der Waals surface area contributed by atoms with Gasteiger partial charge in [0.2, 0.25) is 17.8 Å². The van der Waals surface area contributed by atoms with Gasteiger partial charge in [-0.05, 0) is 48.5 Å². The van der Waals surface area contributed by atoms with Crippen LogP contribution in [0, 0.1) is 0 Å². The molecule has 3 aromatic carbocycles. The van der Waals surface area contributed by atoms with Crippen molar-refractivity contribution < 1.29 is 14.3 Å². The topological polar surface area (TPSA) is 130 Å². The molecule has 0 aliphatic carbocycles. The van der Waals surface area contributed by atoms with Crippen molar-refractivity contribution in [3.63, 3.8) is 0 Å². The van der Waals surface area contributed by atoms with Gasteiger partial charge in [0.1, 0.15) is 17.5 Å². The summed E-state index contributed by atoms with van der Waals surface area (Å²) < 4.78 is 5.73. The lowest BCUT2D eigenvalue weighted by Gasteiger charge is -2.09. The van der Waals surface area contributed by atoms with Gasteiger partial charge in [0.15, 0.2) is 0 Å². The Hall–Kier alpha value is -4.66. The van der Waals surface area contributed by atoms with E-state index in [2.05, 4.69) is 25.9 Å². The predicted molar refractivity (Wildman–Crippen MR) is 127 cm³/mol. The van der Waals surface area contributed by atoms with Crippen LogP contribution >= 0.6 is 0 Å². The van der Waals surface area contributed by atoms with Crippen molar-refractivity contribution >= 4 is 35.1 Å². The predicted octanol–water partition coefficient (Wildman–Crippen LogP) is 3.09. The fourth-order valence-corrected chi connectivity index (χ4v) is 3.06. The highest BCUT2D eigenvalue weighted by Crippen LogP contribution is 2.22. The van der Waals surface area contributed by atoms with Crippen molar-refractivity contribution in [2.24, 2.45) is 15.7 Å². The molecule has 166 valence electrons. The van der Waals surface area contributed by atoms with E-state index < -0.39 is 11.9 Å². The van der Waals surface area contributed by atoms with E-state index in [0.29, 0.717) is 11.4 Å². The molecule has 3 aromatic rings. The maximum absolute atomic E-state index is 12.4. The van der Waals surface area contributed by atoms with E-state index in [4.69, 9.17) is 10.5 Å². The molecule has 0 aromatic heterocycles. The summed E-state index contributed by atoms with van der Waals surface area (Å²) in [5.74, 6) is 0.726. The first-order valence-electron chi connectivity index (χ1n) is 10.2. The Labute approximate surface area is 190 Å². The highest BCUT2D eigenvalue weighted by Gasteiger charge is 2.28. The number of guanidine groups is 2. The monoisotopic (exact) mass is 442 g/mol. The third-order valence-corrected chi connectivity index (χ3v) is 4.58. The number of benzene rings is 3. The maximum atomic E-state index is 12.4. The molecular formula is C24H22N6O3. The molecule has 1 atom stereocenters. The lowest BCUT2D eigenvalue weighted by atomic mass is 10.2. The van der Waals surface area contributed by atoms with Gasteiger partial charge < -0.3 is 21.1 Å². The Kier molecular flexibility index (Phi) is 6.60. The number of rotatable bonds is 6. The lowest BCUT2D eigenvalue weighted by molar-refractivity contribution is -0.123. The van der Waals surface area contributed by atoms with E-state index in [0.717, 1.165) is 11.4 Å². The summed E-state index contributed by atoms with van der Waals surface area (Å²) in [6.45, 7) is 0. The number of para-hydroxylation sites is 2. The molecule has 9 nitrogen and oxygen atoms in total. The van der Waals surface area contributed by atoms with Crippen molar-refractivity contribution in [3.05, 3.63) is 84.9 Å². The van der Waals surface area contributed by atoms with Gasteiger partial charge in [-0.1, -0.05) is 36.4 Å². The third kappa shape index (κ3) is 6.17. The molecule has 9 heteroatoms. The lowest BCUT2D eigenvalue weighted by Crippen LogP contribution is -2.32. The van der Waals surface area contributed by atoms with E-state index >= 15 is 0 Å². The molecule has 0 spiro atoms. The van der Waals surface area contributed by atoms with Crippen molar-refractivity contribution in [1.82, 2.24) is 5.32 Å². The highest BCUT2D eigenvalue weighted by atomic mass is 16.5. The van der Waals surface area contributed by atoms with Crippen LogP contribution in [0.3, 0.4) is 0 Å². The molecule has 0 radical (unpaired) electrons. The van der Waals surface area contributed by atoms with Crippen LogP contribution < -0.4 is 26.4 Å². The van der Waals surface area contributed by atoms with E-state index in [1.54, 1.807) is 24.3 Å². The van der Waals surface area contributed by atoms with Gasteiger partial charge in [-0.2, -0.15) is 4.99 Å². The second-order valence-electron chi connectivity index (χ2n) is 7.14. The Balaban J connectivity index is 1.31. The molecule has 0 bridgehead atoms. The smallest absolute Gasteiger partial charge is 0.252 e. The number of carbonyl (C=O) groups is 2. The van der Waals surface area contributed by atoms with E-state index in [-0.39, 0.29) is 24.2 Å². The number of ether oxygens (including phenoxy) is 1. The van der Waals surface area contributed by atoms with E-state index in [9.17, 15) is 9.59 Å². The number of nitrogens with two attached hydrogens (primary N) is 1. The SMILES string of the molecule is NC(=NC1=N[C@@H](CC(=O)Nc2ccc(Oc3ccccc3)cc2)C(=O)N1)Nc1ccccc1. The molecule has 0 saturated heterocycles. The van der Waals surface area contributed by atoms with Gasteiger partial charge in [-0.25, -0.2) is 4.99 Å². The maximum Gasteiger partial charge on any atom is 0.252 e. The van der Waals surface area contributed by atoms with Gasteiger partial charge in [0.05, 0.1) is 6.42 Å². The zero-order valence-corrected chi connectivity index (χ0v) is 17.6. The van der Waals surface area contributed by atoms with Gasteiger partial charge in [-0.15, -0.1) is 0 Å².